The number of rotatable bonds is 9. The fourth-order valence-corrected chi connectivity index (χ4v) is 2.27. The molecule has 1 unspecified atom stereocenters. The van der Waals surface area contributed by atoms with E-state index in [1.807, 2.05) is 0 Å². The molecule has 0 saturated carbocycles. The molecular formula is C15H34N2O. The van der Waals surface area contributed by atoms with Gasteiger partial charge in [-0.25, -0.2) is 0 Å². The molecule has 0 aliphatic heterocycles. The molecule has 110 valence electrons. The van der Waals surface area contributed by atoms with Crippen LogP contribution < -0.4 is 5.73 Å². The molecule has 0 amide bonds. The molecule has 0 spiro atoms. The zero-order valence-corrected chi connectivity index (χ0v) is 13.3. The highest BCUT2D eigenvalue weighted by atomic mass is 16.5. The highest BCUT2D eigenvalue weighted by molar-refractivity contribution is 4.73. The third-order valence-corrected chi connectivity index (χ3v) is 2.93. The molecule has 0 aromatic carbocycles. The van der Waals surface area contributed by atoms with Gasteiger partial charge in [0, 0.05) is 26.2 Å². The monoisotopic (exact) mass is 258 g/mol. The maximum atomic E-state index is 6.21. The molecule has 2 N–H and O–H groups in total. The van der Waals surface area contributed by atoms with Gasteiger partial charge in [0.25, 0.3) is 0 Å². The molecule has 0 aliphatic carbocycles. The summed E-state index contributed by atoms with van der Waals surface area (Å²) in [5.74, 6) is 0.695. The molecule has 0 saturated heterocycles. The summed E-state index contributed by atoms with van der Waals surface area (Å²) >= 11 is 0. The minimum Gasteiger partial charge on any atom is -0.383 e. The quantitative estimate of drug-likeness (QED) is 0.691. The van der Waals surface area contributed by atoms with Crippen LogP contribution in [0.5, 0.6) is 0 Å². The van der Waals surface area contributed by atoms with E-state index in [2.05, 4.69) is 39.5 Å². The van der Waals surface area contributed by atoms with Crippen LogP contribution in [-0.4, -0.2) is 44.3 Å². The highest BCUT2D eigenvalue weighted by Gasteiger charge is 2.16. The molecule has 18 heavy (non-hydrogen) atoms. The van der Waals surface area contributed by atoms with E-state index in [4.69, 9.17) is 10.5 Å². The van der Waals surface area contributed by atoms with E-state index >= 15 is 0 Å². The summed E-state index contributed by atoms with van der Waals surface area (Å²) in [6, 6.07) is 0.308. The predicted molar refractivity (Wildman–Crippen MR) is 79.8 cm³/mol. The van der Waals surface area contributed by atoms with Crippen LogP contribution in [0, 0.1) is 11.3 Å². The van der Waals surface area contributed by atoms with Crippen molar-refractivity contribution in [1.29, 1.82) is 0 Å². The molecule has 0 heterocycles. The lowest BCUT2D eigenvalue weighted by atomic mass is 9.87. The van der Waals surface area contributed by atoms with Gasteiger partial charge in [-0.3, -0.25) is 0 Å². The number of nitrogens with zero attached hydrogens (tertiary/aromatic N) is 1. The molecule has 0 bridgehead atoms. The number of ether oxygens (including phenoxy) is 1. The van der Waals surface area contributed by atoms with Crippen molar-refractivity contribution in [2.75, 3.05) is 33.4 Å². The second kappa shape index (κ2) is 8.89. The minimum atomic E-state index is 0.308. The minimum absolute atomic E-state index is 0.308. The Balaban J connectivity index is 4.00. The third-order valence-electron chi connectivity index (χ3n) is 2.93. The smallest absolute Gasteiger partial charge is 0.0589 e. The zero-order valence-electron chi connectivity index (χ0n) is 13.3. The lowest BCUT2D eigenvalue weighted by molar-refractivity contribution is 0.136. The molecule has 0 aliphatic rings. The summed E-state index contributed by atoms with van der Waals surface area (Å²) in [5.41, 5.74) is 6.54. The Hall–Kier alpha value is -0.120. The maximum absolute atomic E-state index is 6.21. The van der Waals surface area contributed by atoms with Crippen molar-refractivity contribution in [1.82, 2.24) is 4.90 Å². The Morgan fingerprint density at radius 3 is 2.22 bits per heavy atom. The first kappa shape index (κ1) is 17.9. The van der Waals surface area contributed by atoms with Crippen molar-refractivity contribution in [3.63, 3.8) is 0 Å². The van der Waals surface area contributed by atoms with Gasteiger partial charge in [0.15, 0.2) is 0 Å². The van der Waals surface area contributed by atoms with Gasteiger partial charge in [0.05, 0.1) is 6.61 Å². The van der Waals surface area contributed by atoms with Crippen molar-refractivity contribution >= 4 is 0 Å². The van der Waals surface area contributed by atoms with Gasteiger partial charge in [-0.15, -0.1) is 0 Å². The Kier molecular flexibility index (Phi) is 8.83. The number of methoxy groups -OCH3 is 1. The zero-order chi connectivity index (χ0) is 14.2. The van der Waals surface area contributed by atoms with E-state index in [9.17, 15) is 0 Å². The summed E-state index contributed by atoms with van der Waals surface area (Å²) in [7, 11) is 1.76. The van der Waals surface area contributed by atoms with E-state index < -0.39 is 0 Å². The Bertz CT molecular complexity index is 199. The molecule has 0 radical (unpaired) electrons. The fraction of sp³-hybridized carbons (Fsp3) is 1.00. The first-order chi connectivity index (χ1) is 8.24. The summed E-state index contributed by atoms with van der Waals surface area (Å²) in [6.07, 6.45) is 2.17. The third kappa shape index (κ3) is 11.0. The van der Waals surface area contributed by atoms with Gasteiger partial charge in [-0.1, -0.05) is 34.6 Å². The first-order valence-electron chi connectivity index (χ1n) is 7.21. The van der Waals surface area contributed by atoms with Crippen LogP contribution in [0.2, 0.25) is 0 Å². The molecular weight excluding hydrogens is 224 g/mol. The fourth-order valence-electron chi connectivity index (χ4n) is 2.27. The van der Waals surface area contributed by atoms with Crippen molar-refractivity contribution in [2.45, 2.75) is 53.5 Å². The summed E-state index contributed by atoms with van der Waals surface area (Å²) in [5, 5.41) is 0. The average molecular weight is 258 g/mol. The van der Waals surface area contributed by atoms with Gasteiger partial charge >= 0.3 is 0 Å². The molecule has 0 aromatic rings. The highest BCUT2D eigenvalue weighted by Crippen LogP contribution is 2.21. The van der Waals surface area contributed by atoms with Crippen LogP contribution in [0.1, 0.15) is 47.5 Å². The lowest BCUT2D eigenvalue weighted by Crippen LogP contribution is -2.36. The van der Waals surface area contributed by atoms with Crippen LogP contribution in [0.15, 0.2) is 0 Å². The number of hydrogen-bond acceptors (Lipinski definition) is 3. The van der Waals surface area contributed by atoms with Gasteiger partial charge in [0.2, 0.25) is 0 Å². The summed E-state index contributed by atoms with van der Waals surface area (Å²) in [4.78, 5) is 2.47. The molecule has 0 rings (SSSR count). The van der Waals surface area contributed by atoms with Gasteiger partial charge in [-0.05, 0) is 30.7 Å². The van der Waals surface area contributed by atoms with Crippen molar-refractivity contribution < 1.29 is 4.74 Å². The van der Waals surface area contributed by atoms with E-state index in [0.717, 1.165) is 39.1 Å². The Labute approximate surface area is 114 Å². The van der Waals surface area contributed by atoms with Crippen LogP contribution in [-0.2, 0) is 4.74 Å². The molecule has 1 atom stereocenters. The second-order valence-electron chi connectivity index (χ2n) is 7.00. The van der Waals surface area contributed by atoms with Crippen molar-refractivity contribution in [3.05, 3.63) is 0 Å². The SMILES string of the molecule is COCCN(CCC(N)CC(C)(C)C)CC(C)C. The summed E-state index contributed by atoms with van der Waals surface area (Å²) in [6.45, 7) is 15.3. The summed E-state index contributed by atoms with van der Waals surface area (Å²) < 4.78 is 5.17. The number of nitrogens with two attached hydrogens (primary N) is 1. The van der Waals surface area contributed by atoms with Gasteiger partial charge in [-0.2, -0.15) is 0 Å². The molecule has 3 nitrogen and oxygen atoms in total. The first-order valence-corrected chi connectivity index (χ1v) is 7.21. The van der Waals surface area contributed by atoms with Crippen molar-refractivity contribution in [3.8, 4) is 0 Å². The predicted octanol–water partition coefficient (Wildman–Crippen LogP) is 2.74. The van der Waals surface area contributed by atoms with Gasteiger partial charge < -0.3 is 15.4 Å². The van der Waals surface area contributed by atoms with Crippen LogP contribution in [0.3, 0.4) is 0 Å². The lowest BCUT2D eigenvalue weighted by Gasteiger charge is -2.27. The van der Waals surface area contributed by atoms with E-state index in [1.54, 1.807) is 7.11 Å². The van der Waals surface area contributed by atoms with Crippen LogP contribution >= 0.6 is 0 Å². The maximum Gasteiger partial charge on any atom is 0.0589 e. The van der Waals surface area contributed by atoms with E-state index in [0.29, 0.717) is 17.4 Å². The average Bonchev–Trinajstić information content (AvgIpc) is 2.19. The Morgan fingerprint density at radius 1 is 1.17 bits per heavy atom. The standard InChI is InChI=1S/C15H34N2O/c1-13(2)12-17(9-10-18-6)8-7-14(16)11-15(3,4)5/h13-14H,7-12,16H2,1-6H3. The Morgan fingerprint density at radius 2 is 1.78 bits per heavy atom. The normalized spacial score (nSPS) is 14.5. The largest absolute Gasteiger partial charge is 0.383 e. The van der Waals surface area contributed by atoms with Gasteiger partial charge in [0.1, 0.15) is 0 Å². The topological polar surface area (TPSA) is 38.5 Å². The van der Waals surface area contributed by atoms with Crippen molar-refractivity contribution in [2.24, 2.45) is 17.1 Å². The van der Waals surface area contributed by atoms with E-state index in [-0.39, 0.29) is 0 Å². The van der Waals surface area contributed by atoms with Crippen LogP contribution in [0.25, 0.3) is 0 Å². The molecule has 0 aromatic heterocycles. The van der Waals surface area contributed by atoms with E-state index in [1.165, 1.54) is 0 Å². The number of hydrogen-bond donors (Lipinski definition) is 1. The second-order valence-corrected chi connectivity index (χ2v) is 7.00. The molecule has 3 heteroatoms. The van der Waals surface area contributed by atoms with Crippen LogP contribution in [0.4, 0.5) is 0 Å². The molecule has 0 fully saturated rings.